The number of rotatable bonds is 7. The highest BCUT2D eigenvalue weighted by atomic mass is 16.7. The van der Waals surface area contributed by atoms with Gasteiger partial charge in [-0.3, -0.25) is 0 Å². The van der Waals surface area contributed by atoms with Crippen molar-refractivity contribution in [2.45, 2.75) is 114 Å². The molecule has 13 atom stereocenters. The zero-order valence-corrected chi connectivity index (χ0v) is 21.1. The predicted octanol–water partition coefficient (Wildman–Crippen LogP) is -2.24. The molecule has 3 aliphatic rings. The quantitative estimate of drug-likeness (QED) is 0.168. The van der Waals surface area contributed by atoms with Gasteiger partial charge in [-0.1, -0.05) is 32.9 Å². The Balaban J connectivity index is 1.64. The first-order chi connectivity index (χ1) is 16.7. The molecule has 12 heteroatoms. The zero-order chi connectivity index (χ0) is 27.0. The first-order valence-corrected chi connectivity index (χ1v) is 12.4. The van der Waals surface area contributed by atoms with Gasteiger partial charge in [0.05, 0.1) is 31.0 Å². The molecule has 2 aliphatic heterocycles. The summed E-state index contributed by atoms with van der Waals surface area (Å²) in [6.45, 7) is 6.57. The Morgan fingerprint density at radius 2 is 1.61 bits per heavy atom. The van der Waals surface area contributed by atoms with E-state index < -0.39 is 78.5 Å². The second kappa shape index (κ2) is 11.6. The van der Waals surface area contributed by atoms with Crippen LogP contribution in [-0.2, 0) is 18.9 Å². The summed E-state index contributed by atoms with van der Waals surface area (Å²) in [5.41, 5.74) is -1.87. The zero-order valence-electron chi connectivity index (χ0n) is 21.1. The number of hydrogen-bond acceptors (Lipinski definition) is 12. The molecule has 0 amide bonds. The average Bonchev–Trinajstić information content (AvgIpc) is 2.80. The van der Waals surface area contributed by atoms with Crippen molar-refractivity contribution in [3.05, 3.63) is 12.2 Å². The molecule has 3 fully saturated rings. The minimum absolute atomic E-state index is 0.265. The number of hydrogen-bond donors (Lipinski definition) is 8. The van der Waals surface area contributed by atoms with E-state index in [9.17, 15) is 40.9 Å². The summed E-state index contributed by atoms with van der Waals surface area (Å²) >= 11 is 0. The standard InChI is InChI=1S/C24H42O12/c1-11-7-13(8-23(3,4)24(11,32)6-5-12(2)25)35-22-20(31)18(29)17(28)15(36-22)10-34-21-19(30)16(27)14(26)9-33-21/h5-6,11-22,25-32H,7-10H2,1-4H3/b6-5+/t11-,12-,13+,14-,15-,16+,17-,18+,19-,20-,21+,22-,24-/m1/s1. The van der Waals surface area contributed by atoms with Crippen LogP contribution in [0.4, 0.5) is 0 Å². The highest BCUT2D eigenvalue weighted by molar-refractivity contribution is 5.15. The topological polar surface area (TPSA) is 199 Å². The molecular formula is C24H42O12. The van der Waals surface area contributed by atoms with Crippen LogP contribution in [0.1, 0.15) is 40.5 Å². The monoisotopic (exact) mass is 522 g/mol. The molecule has 2 heterocycles. The van der Waals surface area contributed by atoms with E-state index in [-0.39, 0.29) is 19.1 Å². The Bertz CT molecular complexity index is 747. The van der Waals surface area contributed by atoms with E-state index in [0.29, 0.717) is 12.8 Å². The Hall–Kier alpha value is -0.740. The van der Waals surface area contributed by atoms with Gasteiger partial charge in [0.25, 0.3) is 0 Å². The fraction of sp³-hybridized carbons (Fsp3) is 0.917. The molecule has 210 valence electrons. The van der Waals surface area contributed by atoms with E-state index >= 15 is 0 Å². The first-order valence-electron chi connectivity index (χ1n) is 12.4. The van der Waals surface area contributed by atoms with Crippen LogP contribution < -0.4 is 0 Å². The Labute approximate surface area is 210 Å². The summed E-state index contributed by atoms with van der Waals surface area (Å²) in [5, 5.41) is 81.7. The van der Waals surface area contributed by atoms with E-state index in [2.05, 4.69) is 0 Å². The van der Waals surface area contributed by atoms with Crippen LogP contribution in [0.5, 0.6) is 0 Å². The molecule has 0 aromatic rings. The van der Waals surface area contributed by atoms with Crippen LogP contribution in [0, 0.1) is 11.3 Å². The molecule has 0 unspecified atom stereocenters. The lowest BCUT2D eigenvalue weighted by Crippen LogP contribution is -2.62. The maximum absolute atomic E-state index is 11.4. The summed E-state index contributed by atoms with van der Waals surface area (Å²) in [6.07, 6.45) is -9.97. The molecule has 36 heavy (non-hydrogen) atoms. The fourth-order valence-electron chi connectivity index (χ4n) is 5.31. The van der Waals surface area contributed by atoms with Crippen LogP contribution in [0.25, 0.3) is 0 Å². The lowest BCUT2D eigenvalue weighted by Gasteiger charge is -2.52. The van der Waals surface area contributed by atoms with E-state index in [1.165, 1.54) is 0 Å². The number of ether oxygens (including phenoxy) is 4. The van der Waals surface area contributed by atoms with Gasteiger partial charge in [-0.15, -0.1) is 0 Å². The second-order valence-electron chi connectivity index (χ2n) is 11.0. The van der Waals surface area contributed by atoms with Gasteiger partial charge in [0.15, 0.2) is 12.6 Å². The molecule has 0 aromatic heterocycles. The maximum atomic E-state index is 11.4. The van der Waals surface area contributed by atoms with Gasteiger partial charge in [0.1, 0.15) is 42.7 Å². The third-order valence-electron chi connectivity index (χ3n) is 7.69. The molecule has 0 bridgehead atoms. The van der Waals surface area contributed by atoms with E-state index in [0.717, 1.165) is 0 Å². The molecule has 1 aliphatic carbocycles. The molecule has 12 nitrogen and oxygen atoms in total. The van der Waals surface area contributed by atoms with Crippen LogP contribution in [-0.4, -0.2) is 127 Å². The van der Waals surface area contributed by atoms with E-state index in [4.69, 9.17) is 18.9 Å². The summed E-state index contributed by atoms with van der Waals surface area (Å²) < 4.78 is 22.4. The second-order valence-corrected chi connectivity index (χ2v) is 11.0. The number of aliphatic hydroxyl groups excluding tert-OH is 7. The van der Waals surface area contributed by atoms with Crippen molar-refractivity contribution in [1.29, 1.82) is 0 Å². The molecule has 3 rings (SSSR count). The average molecular weight is 523 g/mol. The molecule has 2 saturated heterocycles. The van der Waals surface area contributed by atoms with Crippen molar-refractivity contribution in [3.8, 4) is 0 Å². The van der Waals surface area contributed by atoms with Crippen LogP contribution in [0.3, 0.4) is 0 Å². The highest BCUT2D eigenvalue weighted by Gasteiger charge is 2.53. The maximum Gasteiger partial charge on any atom is 0.186 e. The van der Waals surface area contributed by atoms with Crippen LogP contribution in [0.15, 0.2) is 12.2 Å². The van der Waals surface area contributed by atoms with Gasteiger partial charge < -0.3 is 59.8 Å². The third-order valence-corrected chi connectivity index (χ3v) is 7.69. The van der Waals surface area contributed by atoms with Crippen molar-refractivity contribution in [3.63, 3.8) is 0 Å². The normalized spacial score (nSPS) is 48.7. The fourth-order valence-corrected chi connectivity index (χ4v) is 5.31. The van der Waals surface area contributed by atoms with E-state index in [1.807, 2.05) is 20.8 Å². The molecule has 0 spiro atoms. The molecule has 0 radical (unpaired) electrons. The summed E-state index contributed by atoms with van der Waals surface area (Å²) in [6, 6.07) is 0. The summed E-state index contributed by atoms with van der Waals surface area (Å²) in [7, 11) is 0. The third kappa shape index (κ3) is 6.11. The van der Waals surface area contributed by atoms with Crippen LogP contribution in [0.2, 0.25) is 0 Å². The molecule has 8 N–H and O–H groups in total. The molecule has 0 aromatic carbocycles. The van der Waals surface area contributed by atoms with Crippen LogP contribution >= 0.6 is 0 Å². The molecule has 1 saturated carbocycles. The van der Waals surface area contributed by atoms with Crippen molar-refractivity contribution in [1.82, 2.24) is 0 Å². The number of aliphatic hydroxyl groups is 8. The summed E-state index contributed by atoms with van der Waals surface area (Å²) in [5.74, 6) is -0.275. The minimum atomic E-state index is -1.61. The Kier molecular flexibility index (Phi) is 9.57. The summed E-state index contributed by atoms with van der Waals surface area (Å²) in [4.78, 5) is 0. The minimum Gasteiger partial charge on any atom is -0.389 e. The van der Waals surface area contributed by atoms with Gasteiger partial charge in [-0.05, 0) is 31.1 Å². The van der Waals surface area contributed by atoms with Crippen molar-refractivity contribution >= 4 is 0 Å². The van der Waals surface area contributed by atoms with Crippen molar-refractivity contribution in [2.24, 2.45) is 11.3 Å². The lowest BCUT2D eigenvalue weighted by atomic mass is 9.59. The van der Waals surface area contributed by atoms with Crippen molar-refractivity contribution < 1.29 is 59.8 Å². The Morgan fingerprint density at radius 3 is 2.22 bits per heavy atom. The van der Waals surface area contributed by atoms with Gasteiger partial charge in [0, 0.05) is 0 Å². The largest absolute Gasteiger partial charge is 0.389 e. The van der Waals surface area contributed by atoms with Gasteiger partial charge >= 0.3 is 0 Å². The van der Waals surface area contributed by atoms with E-state index in [1.54, 1.807) is 19.1 Å². The smallest absolute Gasteiger partial charge is 0.186 e. The van der Waals surface area contributed by atoms with Gasteiger partial charge in [0.2, 0.25) is 0 Å². The lowest BCUT2D eigenvalue weighted by molar-refractivity contribution is -0.332. The van der Waals surface area contributed by atoms with Crippen molar-refractivity contribution in [2.75, 3.05) is 13.2 Å². The first kappa shape index (κ1) is 29.8. The Morgan fingerprint density at radius 1 is 0.972 bits per heavy atom. The highest BCUT2D eigenvalue weighted by Crippen LogP contribution is 2.49. The molecular weight excluding hydrogens is 480 g/mol. The SMILES string of the molecule is C[C@@H]1C[C@H](O[C@@H]2O[C@H](CO[C@@H]3OC[C@@H](O)[C@H](O)[C@H]3O)[C@@H](O)[C@H](O)[C@H]2O)CC(C)(C)[C@@]1(O)/C=C/[C@@H](C)O. The predicted molar refractivity (Wildman–Crippen MR) is 123 cm³/mol. The van der Waals surface area contributed by atoms with Gasteiger partial charge in [-0.2, -0.15) is 0 Å². The van der Waals surface area contributed by atoms with Gasteiger partial charge in [-0.25, -0.2) is 0 Å².